The Morgan fingerprint density at radius 2 is 2.25 bits per heavy atom. The van der Waals surface area contributed by atoms with Crippen LogP contribution in [-0.4, -0.2) is 75.9 Å². The van der Waals surface area contributed by atoms with Crippen LogP contribution in [0.2, 0.25) is 0 Å². The molecule has 1 aliphatic heterocycles. The SMILES string of the molecule is CCCc1c(C(=O)NC[C@]2(CO)COC[C@@H](C)N2C)nnn1CC. The van der Waals surface area contributed by atoms with Crippen molar-refractivity contribution in [3.8, 4) is 0 Å². The van der Waals surface area contributed by atoms with E-state index in [0.717, 1.165) is 18.5 Å². The number of hydrogen-bond donors (Lipinski definition) is 2. The van der Waals surface area contributed by atoms with Crippen LogP contribution in [0.1, 0.15) is 43.4 Å². The predicted octanol–water partition coefficient (Wildman–Crippen LogP) is 0.0619. The van der Waals surface area contributed by atoms with Crippen molar-refractivity contribution in [3.05, 3.63) is 11.4 Å². The van der Waals surface area contributed by atoms with Crippen LogP contribution in [0.15, 0.2) is 0 Å². The number of amides is 1. The van der Waals surface area contributed by atoms with E-state index in [2.05, 4.69) is 27.5 Å². The summed E-state index contributed by atoms with van der Waals surface area (Å²) in [4.78, 5) is 14.7. The molecule has 8 heteroatoms. The molecular weight excluding hydrogens is 310 g/mol. The first-order chi connectivity index (χ1) is 11.5. The molecule has 2 heterocycles. The first kappa shape index (κ1) is 18.8. The van der Waals surface area contributed by atoms with Gasteiger partial charge in [-0.1, -0.05) is 18.6 Å². The highest BCUT2D eigenvalue weighted by molar-refractivity contribution is 5.93. The summed E-state index contributed by atoms with van der Waals surface area (Å²) in [6.45, 7) is 7.98. The molecule has 0 bridgehead atoms. The smallest absolute Gasteiger partial charge is 0.273 e. The van der Waals surface area contributed by atoms with Crippen LogP contribution in [0.25, 0.3) is 0 Å². The number of aliphatic hydroxyl groups is 1. The van der Waals surface area contributed by atoms with Gasteiger partial charge in [-0.25, -0.2) is 4.68 Å². The van der Waals surface area contributed by atoms with Crippen LogP contribution in [0.3, 0.4) is 0 Å². The second-order valence-corrected chi connectivity index (χ2v) is 6.49. The number of nitrogens with one attached hydrogen (secondary N) is 1. The summed E-state index contributed by atoms with van der Waals surface area (Å²) < 4.78 is 7.36. The number of morpholine rings is 1. The molecule has 2 N–H and O–H groups in total. The van der Waals surface area contributed by atoms with Crippen LogP contribution in [0.5, 0.6) is 0 Å². The van der Waals surface area contributed by atoms with E-state index in [4.69, 9.17) is 4.74 Å². The lowest BCUT2D eigenvalue weighted by atomic mass is 9.96. The summed E-state index contributed by atoms with van der Waals surface area (Å²) in [5, 5.41) is 20.9. The number of ether oxygens (including phenoxy) is 1. The van der Waals surface area contributed by atoms with Gasteiger partial charge in [-0.2, -0.15) is 0 Å². The van der Waals surface area contributed by atoms with Gasteiger partial charge in [0.2, 0.25) is 0 Å². The average molecular weight is 339 g/mol. The summed E-state index contributed by atoms with van der Waals surface area (Å²) in [6.07, 6.45) is 1.68. The van der Waals surface area contributed by atoms with E-state index in [0.29, 0.717) is 32.0 Å². The molecule has 0 unspecified atom stereocenters. The van der Waals surface area contributed by atoms with E-state index in [-0.39, 0.29) is 18.6 Å². The Morgan fingerprint density at radius 3 is 2.88 bits per heavy atom. The Kier molecular flexibility index (Phi) is 6.31. The molecule has 1 fully saturated rings. The molecule has 8 nitrogen and oxygen atoms in total. The van der Waals surface area contributed by atoms with Crippen LogP contribution < -0.4 is 5.32 Å². The molecule has 1 saturated heterocycles. The monoisotopic (exact) mass is 339 g/mol. The molecule has 0 saturated carbocycles. The van der Waals surface area contributed by atoms with Crippen molar-refractivity contribution in [1.82, 2.24) is 25.2 Å². The van der Waals surface area contributed by atoms with E-state index < -0.39 is 5.54 Å². The summed E-state index contributed by atoms with van der Waals surface area (Å²) in [5.41, 5.74) is 0.621. The first-order valence-electron chi connectivity index (χ1n) is 8.61. The van der Waals surface area contributed by atoms with Gasteiger partial charge < -0.3 is 15.2 Å². The number of likely N-dealkylation sites (N-methyl/N-ethyl adjacent to an activating group) is 1. The quantitative estimate of drug-likeness (QED) is 0.730. The topological polar surface area (TPSA) is 92.5 Å². The van der Waals surface area contributed by atoms with Crippen molar-refractivity contribution in [3.63, 3.8) is 0 Å². The van der Waals surface area contributed by atoms with Gasteiger partial charge in [0.25, 0.3) is 5.91 Å². The number of rotatable bonds is 7. The van der Waals surface area contributed by atoms with Crippen molar-refractivity contribution in [2.45, 2.75) is 51.7 Å². The minimum absolute atomic E-state index is 0.0857. The number of nitrogens with zero attached hydrogens (tertiary/aromatic N) is 4. The van der Waals surface area contributed by atoms with Gasteiger partial charge in [0.1, 0.15) is 0 Å². The molecule has 1 aromatic rings. The highest BCUT2D eigenvalue weighted by atomic mass is 16.5. The van der Waals surface area contributed by atoms with Gasteiger partial charge in [0.15, 0.2) is 5.69 Å². The van der Waals surface area contributed by atoms with E-state index in [1.54, 1.807) is 4.68 Å². The first-order valence-corrected chi connectivity index (χ1v) is 8.61. The summed E-state index contributed by atoms with van der Waals surface area (Å²) in [5.74, 6) is -0.252. The lowest BCUT2D eigenvalue weighted by Crippen LogP contribution is -2.65. The summed E-state index contributed by atoms with van der Waals surface area (Å²) >= 11 is 0. The van der Waals surface area contributed by atoms with Crippen molar-refractivity contribution in [2.24, 2.45) is 0 Å². The van der Waals surface area contributed by atoms with Crippen molar-refractivity contribution in [1.29, 1.82) is 0 Å². The molecule has 0 aromatic carbocycles. The van der Waals surface area contributed by atoms with Crippen LogP contribution in [0.4, 0.5) is 0 Å². The molecule has 0 spiro atoms. The maximum absolute atomic E-state index is 12.6. The van der Waals surface area contributed by atoms with Gasteiger partial charge in [-0.15, -0.1) is 5.10 Å². The molecule has 1 aliphatic rings. The Hall–Kier alpha value is -1.51. The summed E-state index contributed by atoms with van der Waals surface area (Å²) in [6, 6.07) is 0.180. The number of aliphatic hydroxyl groups excluding tert-OH is 1. The zero-order chi connectivity index (χ0) is 17.7. The van der Waals surface area contributed by atoms with Gasteiger partial charge in [-0.05, 0) is 27.3 Å². The molecule has 1 aromatic heterocycles. The molecule has 24 heavy (non-hydrogen) atoms. The number of carbonyl (C=O) groups is 1. The molecule has 0 radical (unpaired) electrons. The lowest BCUT2D eigenvalue weighted by Gasteiger charge is -2.47. The zero-order valence-corrected chi connectivity index (χ0v) is 15.1. The maximum Gasteiger partial charge on any atom is 0.273 e. The number of hydrogen-bond acceptors (Lipinski definition) is 6. The Labute approximate surface area is 143 Å². The zero-order valence-electron chi connectivity index (χ0n) is 15.1. The van der Waals surface area contributed by atoms with Crippen molar-refractivity contribution >= 4 is 5.91 Å². The number of carbonyl (C=O) groups excluding carboxylic acids is 1. The molecule has 2 rings (SSSR count). The maximum atomic E-state index is 12.6. The van der Waals surface area contributed by atoms with Gasteiger partial charge >= 0.3 is 0 Å². The van der Waals surface area contributed by atoms with Crippen LogP contribution in [0, 0.1) is 0 Å². The van der Waals surface area contributed by atoms with Crippen molar-refractivity contribution in [2.75, 3.05) is 33.4 Å². The second-order valence-electron chi connectivity index (χ2n) is 6.49. The van der Waals surface area contributed by atoms with Gasteiger partial charge in [-0.3, -0.25) is 9.69 Å². The number of aromatic nitrogens is 3. The lowest BCUT2D eigenvalue weighted by molar-refractivity contribution is -0.105. The highest BCUT2D eigenvalue weighted by Gasteiger charge is 2.40. The fourth-order valence-corrected chi connectivity index (χ4v) is 3.07. The number of aryl methyl sites for hydroxylation is 1. The molecule has 1 amide bonds. The molecule has 136 valence electrons. The Bertz CT molecular complexity index is 562. The van der Waals surface area contributed by atoms with E-state index in [1.165, 1.54) is 0 Å². The van der Waals surface area contributed by atoms with E-state index in [1.807, 2.05) is 20.9 Å². The normalized spacial score (nSPS) is 25.0. The second kappa shape index (κ2) is 8.04. The third-order valence-electron chi connectivity index (χ3n) is 4.85. The van der Waals surface area contributed by atoms with Crippen LogP contribution in [-0.2, 0) is 17.7 Å². The highest BCUT2D eigenvalue weighted by Crippen LogP contribution is 2.21. The Morgan fingerprint density at radius 1 is 1.50 bits per heavy atom. The van der Waals surface area contributed by atoms with Gasteiger partial charge in [0.05, 0.1) is 31.1 Å². The fraction of sp³-hybridized carbons (Fsp3) is 0.812. The minimum atomic E-state index is -0.612. The predicted molar refractivity (Wildman–Crippen MR) is 89.9 cm³/mol. The van der Waals surface area contributed by atoms with Crippen LogP contribution >= 0.6 is 0 Å². The fourth-order valence-electron chi connectivity index (χ4n) is 3.07. The van der Waals surface area contributed by atoms with Gasteiger partial charge in [0, 0.05) is 19.1 Å². The Balaban J connectivity index is 2.11. The standard InChI is InChI=1S/C16H29N5O3/c1-5-7-13-14(18-19-21(13)6-2)15(23)17-9-16(10-22)11-24-8-12(3)20(16)4/h12,22H,5-11H2,1-4H3,(H,17,23)/t12-,16+/m1/s1. The molecule has 0 aliphatic carbocycles. The minimum Gasteiger partial charge on any atom is -0.394 e. The third kappa shape index (κ3) is 3.60. The average Bonchev–Trinajstić information content (AvgIpc) is 2.99. The molecular formula is C16H29N5O3. The van der Waals surface area contributed by atoms with Crippen molar-refractivity contribution < 1.29 is 14.6 Å². The molecule has 2 atom stereocenters. The van der Waals surface area contributed by atoms with E-state index >= 15 is 0 Å². The van der Waals surface area contributed by atoms with E-state index in [9.17, 15) is 9.90 Å². The largest absolute Gasteiger partial charge is 0.394 e. The third-order valence-corrected chi connectivity index (χ3v) is 4.85. The summed E-state index contributed by atoms with van der Waals surface area (Å²) in [7, 11) is 1.95.